The fourth-order valence-corrected chi connectivity index (χ4v) is 2.32. The molecule has 0 unspecified atom stereocenters. The van der Waals surface area contributed by atoms with Crippen molar-refractivity contribution < 1.29 is 22.0 Å². The van der Waals surface area contributed by atoms with Crippen molar-refractivity contribution in [3.8, 4) is 0 Å². The van der Waals surface area contributed by atoms with Crippen molar-refractivity contribution in [3.63, 3.8) is 0 Å². The van der Waals surface area contributed by atoms with Crippen molar-refractivity contribution in [2.24, 2.45) is 0 Å². The highest BCUT2D eigenvalue weighted by molar-refractivity contribution is 7.92. The van der Waals surface area contributed by atoms with Crippen LogP contribution in [0.1, 0.15) is 10.4 Å². The van der Waals surface area contributed by atoms with Gasteiger partial charge in [-0.05, 0) is 36.4 Å². The molecule has 0 aliphatic carbocycles. The molecule has 0 heterocycles. The second-order valence-corrected chi connectivity index (χ2v) is 6.84. The van der Waals surface area contributed by atoms with Crippen LogP contribution in [0.3, 0.4) is 0 Å². The van der Waals surface area contributed by atoms with Crippen LogP contribution in [-0.2, 0) is 10.0 Å². The summed E-state index contributed by atoms with van der Waals surface area (Å²) in [6, 6.07) is 8.83. The molecular weight excluding hydrogens is 326 g/mol. The lowest BCUT2D eigenvalue weighted by molar-refractivity contribution is 0.102. The lowest BCUT2D eigenvalue weighted by Crippen LogP contribution is -2.24. The number of anilines is 2. The van der Waals surface area contributed by atoms with Crippen LogP contribution < -0.4 is 9.62 Å². The maximum atomic E-state index is 13.5. The van der Waals surface area contributed by atoms with Gasteiger partial charge in [0.15, 0.2) is 0 Å². The highest BCUT2D eigenvalue weighted by Crippen LogP contribution is 2.20. The molecule has 2 aromatic rings. The molecule has 0 atom stereocenters. The second-order valence-electron chi connectivity index (χ2n) is 4.83. The number of carbonyl (C=O) groups excluding carboxylic acids is 1. The number of halogens is 2. The molecule has 0 fully saturated rings. The summed E-state index contributed by atoms with van der Waals surface area (Å²) in [5.74, 6) is -2.47. The van der Waals surface area contributed by atoms with Crippen LogP contribution in [0.15, 0.2) is 42.5 Å². The molecule has 8 heteroatoms. The minimum Gasteiger partial charge on any atom is -0.317 e. The summed E-state index contributed by atoms with van der Waals surface area (Å²) in [6.07, 6.45) is 1.05. The van der Waals surface area contributed by atoms with Crippen LogP contribution in [0, 0.1) is 11.6 Å². The van der Waals surface area contributed by atoms with Crippen LogP contribution in [0.5, 0.6) is 0 Å². The first-order valence-corrected chi connectivity index (χ1v) is 8.34. The zero-order chi connectivity index (χ0) is 17.2. The van der Waals surface area contributed by atoms with Crippen molar-refractivity contribution in [1.82, 2.24) is 0 Å². The minimum atomic E-state index is -3.42. The lowest BCUT2D eigenvalue weighted by atomic mass is 10.2. The van der Waals surface area contributed by atoms with E-state index in [0.29, 0.717) is 5.69 Å². The van der Waals surface area contributed by atoms with Crippen molar-refractivity contribution in [3.05, 3.63) is 59.7 Å². The maximum absolute atomic E-state index is 13.5. The van der Waals surface area contributed by atoms with Crippen molar-refractivity contribution in [2.45, 2.75) is 0 Å². The highest BCUT2D eigenvalue weighted by atomic mass is 32.2. The summed E-state index contributed by atoms with van der Waals surface area (Å²) < 4.78 is 50.9. The van der Waals surface area contributed by atoms with E-state index in [4.69, 9.17) is 0 Å². The largest absolute Gasteiger partial charge is 0.317 e. The standard InChI is InChI=1S/C15H14F2N2O3S/c1-19(23(2,21)22)11-8-6-10(7-9-11)15(20)18-14-12(16)4-3-5-13(14)17/h3-9H,1-2H3,(H,18,20). The molecule has 2 aromatic carbocycles. The first-order valence-electron chi connectivity index (χ1n) is 6.49. The van der Waals surface area contributed by atoms with Gasteiger partial charge in [0.25, 0.3) is 5.91 Å². The van der Waals surface area contributed by atoms with Gasteiger partial charge in [0.2, 0.25) is 10.0 Å². The number of hydrogen-bond acceptors (Lipinski definition) is 3. The van der Waals surface area contributed by atoms with Gasteiger partial charge in [0.05, 0.1) is 11.9 Å². The molecule has 0 aliphatic rings. The zero-order valence-corrected chi connectivity index (χ0v) is 13.2. The number of hydrogen-bond donors (Lipinski definition) is 1. The van der Waals surface area contributed by atoms with Gasteiger partial charge in [-0.2, -0.15) is 0 Å². The first kappa shape index (κ1) is 16.9. The lowest BCUT2D eigenvalue weighted by Gasteiger charge is -2.16. The van der Waals surface area contributed by atoms with E-state index in [1.165, 1.54) is 37.4 Å². The number of amides is 1. The number of carbonyl (C=O) groups is 1. The third-order valence-corrected chi connectivity index (χ3v) is 4.40. The normalized spacial score (nSPS) is 11.1. The van der Waals surface area contributed by atoms with Crippen LogP contribution in [0.25, 0.3) is 0 Å². The summed E-state index contributed by atoms with van der Waals surface area (Å²) >= 11 is 0. The molecule has 122 valence electrons. The molecule has 0 aromatic heterocycles. The summed E-state index contributed by atoms with van der Waals surface area (Å²) in [7, 11) is -2.04. The van der Waals surface area contributed by atoms with Gasteiger partial charge in [-0.25, -0.2) is 17.2 Å². The minimum absolute atomic E-state index is 0.137. The van der Waals surface area contributed by atoms with Gasteiger partial charge in [0.1, 0.15) is 17.3 Å². The molecule has 23 heavy (non-hydrogen) atoms. The average Bonchev–Trinajstić information content (AvgIpc) is 2.49. The van der Waals surface area contributed by atoms with E-state index in [2.05, 4.69) is 5.32 Å². The van der Waals surface area contributed by atoms with Crippen molar-refractivity contribution >= 4 is 27.3 Å². The Balaban J connectivity index is 2.21. The molecule has 0 saturated heterocycles. The summed E-state index contributed by atoms with van der Waals surface area (Å²) in [6.45, 7) is 0. The van der Waals surface area contributed by atoms with Crippen molar-refractivity contribution in [1.29, 1.82) is 0 Å². The van der Waals surface area contributed by atoms with Crippen LogP contribution in [0.2, 0.25) is 0 Å². The van der Waals surface area contributed by atoms with E-state index >= 15 is 0 Å². The Labute approximate surface area is 132 Å². The molecule has 1 amide bonds. The summed E-state index contributed by atoms with van der Waals surface area (Å²) in [5.41, 5.74) is -0.0331. The quantitative estimate of drug-likeness (QED) is 0.930. The number of benzene rings is 2. The van der Waals surface area contributed by atoms with Crippen LogP contribution in [0.4, 0.5) is 20.2 Å². The Kier molecular flexibility index (Phi) is 4.65. The molecule has 5 nitrogen and oxygen atoms in total. The molecule has 0 bridgehead atoms. The fourth-order valence-electron chi connectivity index (χ4n) is 1.82. The Morgan fingerprint density at radius 1 is 1.04 bits per heavy atom. The first-order chi connectivity index (χ1) is 10.7. The van der Waals surface area contributed by atoms with E-state index in [-0.39, 0.29) is 5.56 Å². The molecule has 1 N–H and O–H groups in total. The number of nitrogens with zero attached hydrogens (tertiary/aromatic N) is 1. The van der Waals surface area contributed by atoms with E-state index in [0.717, 1.165) is 22.7 Å². The SMILES string of the molecule is CN(c1ccc(C(=O)Nc2c(F)cccc2F)cc1)S(C)(=O)=O. The van der Waals surface area contributed by atoms with Gasteiger partial charge in [-0.15, -0.1) is 0 Å². The van der Waals surface area contributed by atoms with E-state index in [1.807, 2.05) is 0 Å². The monoisotopic (exact) mass is 340 g/mol. The molecular formula is C15H14F2N2O3S. The third kappa shape index (κ3) is 3.84. The molecule has 0 spiro atoms. The summed E-state index contributed by atoms with van der Waals surface area (Å²) in [4.78, 5) is 12.0. The van der Waals surface area contributed by atoms with Gasteiger partial charge in [-0.1, -0.05) is 6.07 Å². The topological polar surface area (TPSA) is 66.5 Å². The van der Waals surface area contributed by atoms with E-state index in [9.17, 15) is 22.0 Å². The number of sulfonamides is 1. The molecule has 2 rings (SSSR count). The smallest absolute Gasteiger partial charge is 0.255 e. The van der Waals surface area contributed by atoms with E-state index < -0.39 is 33.3 Å². The van der Waals surface area contributed by atoms with Gasteiger partial charge in [0, 0.05) is 12.6 Å². The zero-order valence-electron chi connectivity index (χ0n) is 12.4. The van der Waals surface area contributed by atoms with Gasteiger partial charge in [-0.3, -0.25) is 9.10 Å². The number of nitrogens with one attached hydrogen (secondary N) is 1. The van der Waals surface area contributed by atoms with Crippen molar-refractivity contribution in [2.75, 3.05) is 22.9 Å². The highest BCUT2D eigenvalue weighted by Gasteiger charge is 2.15. The Bertz CT molecular complexity index is 816. The predicted octanol–water partition coefficient (Wildman–Crippen LogP) is 2.61. The van der Waals surface area contributed by atoms with Gasteiger partial charge >= 0.3 is 0 Å². The Morgan fingerprint density at radius 2 is 1.57 bits per heavy atom. The maximum Gasteiger partial charge on any atom is 0.255 e. The number of para-hydroxylation sites is 1. The van der Waals surface area contributed by atoms with Gasteiger partial charge < -0.3 is 5.32 Å². The Hall–Kier alpha value is -2.48. The second kappa shape index (κ2) is 6.33. The Morgan fingerprint density at radius 3 is 2.04 bits per heavy atom. The molecule has 0 aliphatic heterocycles. The van der Waals surface area contributed by atoms with E-state index in [1.54, 1.807) is 0 Å². The third-order valence-electron chi connectivity index (χ3n) is 3.19. The molecule has 0 radical (unpaired) electrons. The number of rotatable bonds is 4. The average molecular weight is 340 g/mol. The molecule has 0 saturated carbocycles. The fraction of sp³-hybridized carbons (Fsp3) is 0.133. The summed E-state index contributed by atoms with van der Waals surface area (Å²) in [5, 5.41) is 2.15. The van der Waals surface area contributed by atoms with Crippen LogP contribution >= 0.6 is 0 Å². The predicted molar refractivity (Wildman–Crippen MR) is 84.0 cm³/mol. The van der Waals surface area contributed by atoms with Crippen LogP contribution in [-0.4, -0.2) is 27.6 Å².